The Kier molecular flexibility index (Phi) is 4.65. The molecule has 110 valence electrons. The smallest absolute Gasteiger partial charge is 0.226 e. The van der Waals surface area contributed by atoms with Gasteiger partial charge in [-0.05, 0) is 50.6 Å². The fourth-order valence-corrected chi connectivity index (χ4v) is 2.71. The molecule has 0 aromatic heterocycles. The van der Waals surface area contributed by atoms with Crippen molar-refractivity contribution in [3.63, 3.8) is 0 Å². The zero-order valence-corrected chi connectivity index (χ0v) is 12.5. The molecule has 2 atom stereocenters. The normalized spacial score (nSPS) is 18.1. The highest BCUT2D eigenvalue weighted by atomic mass is 16.3. The van der Waals surface area contributed by atoms with Gasteiger partial charge < -0.3 is 15.3 Å². The van der Waals surface area contributed by atoms with Crippen LogP contribution in [0.1, 0.15) is 32.4 Å². The molecule has 1 aromatic rings. The molecule has 0 aliphatic carbocycles. The van der Waals surface area contributed by atoms with Crippen LogP contribution in [0.2, 0.25) is 0 Å². The molecule has 1 aliphatic rings. The van der Waals surface area contributed by atoms with E-state index in [0.717, 1.165) is 18.7 Å². The number of carbonyl (C=O) groups excluding carboxylic acids is 1. The SMILES string of the molecule is CCN(C(=O)C(C)C1CNC1)C(C)c1cccc(O)c1. The fourth-order valence-electron chi connectivity index (χ4n) is 2.71. The average Bonchev–Trinajstić information content (AvgIpc) is 2.37. The molecule has 0 bridgehead atoms. The Balaban J connectivity index is 2.12. The van der Waals surface area contributed by atoms with Crippen molar-refractivity contribution in [2.75, 3.05) is 19.6 Å². The molecule has 0 saturated carbocycles. The molecule has 20 heavy (non-hydrogen) atoms. The molecule has 1 aliphatic heterocycles. The number of aromatic hydroxyl groups is 1. The second-order valence-corrected chi connectivity index (χ2v) is 5.60. The van der Waals surface area contributed by atoms with Gasteiger partial charge in [-0.1, -0.05) is 19.1 Å². The number of hydrogen-bond acceptors (Lipinski definition) is 3. The van der Waals surface area contributed by atoms with Crippen molar-refractivity contribution in [3.8, 4) is 5.75 Å². The molecule has 4 heteroatoms. The van der Waals surface area contributed by atoms with E-state index in [9.17, 15) is 9.90 Å². The minimum Gasteiger partial charge on any atom is -0.508 e. The number of carbonyl (C=O) groups is 1. The third-order valence-corrected chi connectivity index (χ3v) is 4.35. The van der Waals surface area contributed by atoms with Crippen molar-refractivity contribution in [2.24, 2.45) is 11.8 Å². The van der Waals surface area contributed by atoms with Crippen LogP contribution in [-0.2, 0) is 4.79 Å². The van der Waals surface area contributed by atoms with Crippen LogP contribution in [0.5, 0.6) is 5.75 Å². The molecule has 2 unspecified atom stereocenters. The Morgan fingerprint density at radius 2 is 2.15 bits per heavy atom. The van der Waals surface area contributed by atoms with Crippen molar-refractivity contribution in [1.82, 2.24) is 10.2 Å². The van der Waals surface area contributed by atoms with Crippen molar-refractivity contribution in [1.29, 1.82) is 0 Å². The summed E-state index contributed by atoms with van der Waals surface area (Å²) in [6, 6.07) is 7.14. The highest BCUT2D eigenvalue weighted by Gasteiger charge is 2.33. The molecule has 0 spiro atoms. The van der Waals surface area contributed by atoms with Crippen LogP contribution in [0.15, 0.2) is 24.3 Å². The molecule has 1 saturated heterocycles. The summed E-state index contributed by atoms with van der Waals surface area (Å²) in [5.41, 5.74) is 0.971. The van der Waals surface area contributed by atoms with Crippen molar-refractivity contribution in [2.45, 2.75) is 26.8 Å². The number of hydrogen-bond donors (Lipinski definition) is 2. The molecule has 1 fully saturated rings. The number of phenolic OH excluding ortho intramolecular Hbond substituents is 1. The Bertz CT molecular complexity index is 471. The predicted molar refractivity (Wildman–Crippen MR) is 79.4 cm³/mol. The van der Waals surface area contributed by atoms with Crippen LogP contribution in [0.4, 0.5) is 0 Å². The number of rotatable bonds is 5. The maximum absolute atomic E-state index is 12.6. The Morgan fingerprint density at radius 3 is 2.65 bits per heavy atom. The van der Waals surface area contributed by atoms with Crippen molar-refractivity contribution >= 4 is 5.91 Å². The number of nitrogens with zero attached hydrogens (tertiary/aromatic N) is 1. The van der Waals surface area contributed by atoms with E-state index in [1.54, 1.807) is 12.1 Å². The molecular formula is C16H24N2O2. The van der Waals surface area contributed by atoms with Gasteiger partial charge in [0.1, 0.15) is 5.75 Å². The Labute approximate surface area is 120 Å². The number of nitrogens with one attached hydrogen (secondary N) is 1. The van der Waals surface area contributed by atoms with Gasteiger partial charge in [0.15, 0.2) is 0 Å². The largest absolute Gasteiger partial charge is 0.508 e. The fraction of sp³-hybridized carbons (Fsp3) is 0.562. The lowest BCUT2D eigenvalue weighted by atomic mass is 9.87. The lowest BCUT2D eigenvalue weighted by Gasteiger charge is -2.37. The average molecular weight is 276 g/mol. The van der Waals surface area contributed by atoms with Crippen LogP contribution < -0.4 is 5.32 Å². The maximum atomic E-state index is 12.6. The van der Waals surface area contributed by atoms with E-state index in [0.29, 0.717) is 12.5 Å². The Hall–Kier alpha value is -1.55. The van der Waals surface area contributed by atoms with Crippen molar-refractivity contribution in [3.05, 3.63) is 29.8 Å². The summed E-state index contributed by atoms with van der Waals surface area (Å²) in [6.45, 7) is 8.59. The van der Waals surface area contributed by atoms with E-state index < -0.39 is 0 Å². The van der Waals surface area contributed by atoms with Crippen LogP contribution in [0, 0.1) is 11.8 Å². The highest BCUT2D eigenvalue weighted by molar-refractivity contribution is 5.79. The van der Waals surface area contributed by atoms with Gasteiger partial charge in [0.25, 0.3) is 0 Å². The zero-order chi connectivity index (χ0) is 14.7. The minimum atomic E-state index is -0.0184. The lowest BCUT2D eigenvalue weighted by Crippen LogP contribution is -2.50. The molecule has 0 radical (unpaired) electrons. The topological polar surface area (TPSA) is 52.6 Å². The van der Waals surface area contributed by atoms with Crippen LogP contribution in [0.3, 0.4) is 0 Å². The van der Waals surface area contributed by atoms with Gasteiger partial charge >= 0.3 is 0 Å². The van der Waals surface area contributed by atoms with Gasteiger partial charge in [-0.15, -0.1) is 0 Å². The molecular weight excluding hydrogens is 252 g/mol. The van der Waals surface area contributed by atoms with E-state index >= 15 is 0 Å². The third kappa shape index (κ3) is 2.96. The van der Waals surface area contributed by atoms with Crippen molar-refractivity contribution < 1.29 is 9.90 Å². The van der Waals surface area contributed by atoms with Gasteiger partial charge in [0.05, 0.1) is 6.04 Å². The second-order valence-electron chi connectivity index (χ2n) is 5.60. The minimum absolute atomic E-state index is 0.0184. The summed E-state index contributed by atoms with van der Waals surface area (Å²) in [4.78, 5) is 14.5. The Morgan fingerprint density at radius 1 is 1.45 bits per heavy atom. The zero-order valence-electron chi connectivity index (χ0n) is 12.5. The first-order chi connectivity index (χ1) is 9.54. The molecule has 1 aromatic carbocycles. The van der Waals surface area contributed by atoms with E-state index in [1.165, 1.54) is 0 Å². The van der Waals surface area contributed by atoms with E-state index in [2.05, 4.69) is 5.32 Å². The molecule has 2 N–H and O–H groups in total. The highest BCUT2D eigenvalue weighted by Crippen LogP contribution is 2.27. The molecule has 1 amide bonds. The van der Waals surface area contributed by atoms with Crippen LogP contribution in [0.25, 0.3) is 0 Å². The van der Waals surface area contributed by atoms with Crippen LogP contribution in [-0.4, -0.2) is 35.5 Å². The summed E-state index contributed by atoms with van der Waals surface area (Å²) in [6.07, 6.45) is 0. The third-order valence-electron chi connectivity index (χ3n) is 4.35. The van der Waals surface area contributed by atoms with E-state index in [4.69, 9.17) is 0 Å². The van der Waals surface area contributed by atoms with Gasteiger partial charge in [-0.3, -0.25) is 4.79 Å². The number of benzene rings is 1. The van der Waals surface area contributed by atoms with E-state index in [-0.39, 0.29) is 23.6 Å². The summed E-state index contributed by atoms with van der Waals surface area (Å²) < 4.78 is 0. The van der Waals surface area contributed by atoms with Gasteiger partial charge in [0, 0.05) is 12.5 Å². The van der Waals surface area contributed by atoms with E-state index in [1.807, 2.05) is 37.8 Å². The number of amides is 1. The monoisotopic (exact) mass is 276 g/mol. The molecule has 4 nitrogen and oxygen atoms in total. The second kappa shape index (κ2) is 6.27. The first-order valence-corrected chi connectivity index (χ1v) is 7.34. The summed E-state index contributed by atoms with van der Waals surface area (Å²) in [5, 5.41) is 12.8. The van der Waals surface area contributed by atoms with Gasteiger partial charge in [-0.2, -0.15) is 0 Å². The first-order valence-electron chi connectivity index (χ1n) is 7.34. The standard InChI is InChI=1S/C16H24N2O2/c1-4-18(16(20)11(2)14-9-17-10-14)12(3)13-6-5-7-15(19)8-13/h5-8,11-12,14,17,19H,4,9-10H2,1-3H3. The number of phenols is 1. The summed E-state index contributed by atoms with van der Waals surface area (Å²) in [5.74, 6) is 0.952. The predicted octanol–water partition coefficient (Wildman–Crippen LogP) is 2.16. The first kappa shape index (κ1) is 14.9. The molecule has 1 heterocycles. The van der Waals surface area contributed by atoms with Gasteiger partial charge in [0.2, 0.25) is 5.91 Å². The summed E-state index contributed by atoms with van der Waals surface area (Å²) in [7, 11) is 0. The van der Waals surface area contributed by atoms with Crippen LogP contribution >= 0.6 is 0 Å². The summed E-state index contributed by atoms with van der Waals surface area (Å²) >= 11 is 0. The maximum Gasteiger partial charge on any atom is 0.226 e. The lowest BCUT2D eigenvalue weighted by molar-refractivity contribution is -0.139. The molecule has 2 rings (SSSR count). The quantitative estimate of drug-likeness (QED) is 0.866. The van der Waals surface area contributed by atoms with Gasteiger partial charge in [-0.25, -0.2) is 0 Å².